The Morgan fingerprint density at radius 2 is 1.92 bits per heavy atom. The standard InChI is InChI=1S/C7H5BrN4/c8-6-1-3-7(4-2-6)12-10-5-9-11-12/h1-5H. The Hall–Kier alpha value is -1.23. The fourth-order valence-corrected chi connectivity index (χ4v) is 1.12. The summed E-state index contributed by atoms with van der Waals surface area (Å²) in [4.78, 5) is 1.46. The van der Waals surface area contributed by atoms with Crippen LogP contribution in [0.25, 0.3) is 5.69 Å². The lowest BCUT2D eigenvalue weighted by Gasteiger charge is -1.96. The number of tetrazole rings is 1. The average Bonchev–Trinajstić information content (AvgIpc) is 2.58. The van der Waals surface area contributed by atoms with Gasteiger partial charge in [-0.15, -0.1) is 15.0 Å². The van der Waals surface area contributed by atoms with Gasteiger partial charge in [0.2, 0.25) is 0 Å². The monoisotopic (exact) mass is 224 g/mol. The van der Waals surface area contributed by atoms with E-state index >= 15 is 0 Å². The van der Waals surface area contributed by atoms with Crippen molar-refractivity contribution in [2.24, 2.45) is 0 Å². The van der Waals surface area contributed by atoms with Gasteiger partial charge in [-0.1, -0.05) is 15.9 Å². The van der Waals surface area contributed by atoms with Gasteiger partial charge in [0.25, 0.3) is 0 Å². The molecule has 1 heterocycles. The fourth-order valence-electron chi connectivity index (χ4n) is 0.860. The van der Waals surface area contributed by atoms with Crippen LogP contribution in [0.15, 0.2) is 35.1 Å². The molecule has 0 saturated carbocycles. The van der Waals surface area contributed by atoms with Crippen LogP contribution in [0, 0.1) is 0 Å². The number of rotatable bonds is 1. The summed E-state index contributed by atoms with van der Waals surface area (Å²) >= 11 is 3.34. The molecule has 5 heteroatoms. The van der Waals surface area contributed by atoms with Gasteiger partial charge in [0.15, 0.2) is 6.33 Å². The zero-order valence-corrected chi connectivity index (χ0v) is 7.64. The van der Waals surface area contributed by atoms with E-state index in [1.807, 2.05) is 24.3 Å². The van der Waals surface area contributed by atoms with Crippen molar-refractivity contribution >= 4 is 15.9 Å². The fraction of sp³-hybridized carbons (Fsp3) is 0. The third-order valence-corrected chi connectivity index (χ3v) is 1.94. The maximum absolute atomic E-state index is 3.90. The van der Waals surface area contributed by atoms with E-state index in [0.717, 1.165) is 10.2 Å². The smallest absolute Gasteiger partial charge is 0.135 e. The third kappa shape index (κ3) is 1.35. The molecule has 0 bridgehead atoms. The molecule has 0 saturated heterocycles. The third-order valence-electron chi connectivity index (χ3n) is 1.41. The highest BCUT2D eigenvalue weighted by atomic mass is 79.9. The highest BCUT2D eigenvalue weighted by Gasteiger charge is 1.95. The summed E-state index contributed by atoms with van der Waals surface area (Å²) < 4.78 is 1.03. The van der Waals surface area contributed by atoms with E-state index in [2.05, 4.69) is 31.3 Å². The Labute approximate surface area is 77.3 Å². The van der Waals surface area contributed by atoms with Crippen molar-refractivity contribution in [3.8, 4) is 5.69 Å². The van der Waals surface area contributed by atoms with E-state index in [-0.39, 0.29) is 0 Å². The van der Waals surface area contributed by atoms with E-state index < -0.39 is 0 Å². The normalized spacial score (nSPS) is 10.1. The van der Waals surface area contributed by atoms with Crippen LogP contribution in [0.1, 0.15) is 0 Å². The number of aromatic nitrogens is 4. The average molecular weight is 225 g/mol. The van der Waals surface area contributed by atoms with Crippen molar-refractivity contribution in [1.82, 2.24) is 20.2 Å². The van der Waals surface area contributed by atoms with Gasteiger partial charge in [0.1, 0.15) is 0 Å². The minimum absolute atomic E-state index is 0.899. The molecule has 2 aromatic rings. The molecule has 0 aliphatic carbocycles. The highest BCUT2D eigenvalue weighted by molar-refractivity contribution is 9.10. The first-order chi connectivity index (χ1) is 5.86. The molecule has 12 heavy (non-hydrogen) atoms. The topological polar surface area (TPSA) is 43.6 Å². The molecule has 0 spiro atoms. The van der Waals surface area contributed by atoms with Crippen molar-refractivity contribution in [3.63, 3.8) is 0 Å². The molecule has 0 amide bonds. The van der Waals surface area contributed by atoms with E-state index in [9.17, 15) is 0 Å². The zero-order valence-electron chi connectivity index (χ0n) is 6.05. The summed E-state index contributed by atoms with van der Waals surface area (Å²) in [6, 6.07) is 7.68. The van der Waals surface area contributed by atoms with Gasteiger partial charge in [0.05, 0.1) is 5.69 Å². The molecule has 0 fully saturated rings. The maximum atomic E-state index is 3.90. The Bertz CT molecular complexity index is 353. The highest BCUT2D eigenvalue weighted by Crippen LogP contribution is 2.11. The van der Waals surface area contributed by atoms with Gasteiger partial charge < -0.3 is 0 Å². The molecule has 0 atom stereocenters. The Morgan fingerprint density at radius 1 is 1.17 bits per heavy atom. The summed E-state index contributed by atoms with van der Waals surface area (Å²) in [7, 11) is 0. The Morgan fingerprint density at radius 3 is 2.50 bits per heavy atom. The van der Waals surface area contributed by atoms with E-state index in [1.54, 1.807) is 0 Å². The summed E-state index contributed by atoms with van der Waals surface area (Å²) in [5, 5.41) is 11.3. The largest absolute Gasteiger partial charge is 0.162 e. The molecule has 2 rings (SSSR count). The lowest BCUT2D eigenvalue weighted by molar-refractivity contribution is 0.719. The molecule has 1 aromatic carbocycles. The first kappa shape index (κ1) is 7.42. The lowest BCUT2D eigenvalue weighted by Crippen LogP contribution is -1.97. The molecule has 1 aromatic heterocycles. The Balaban J connectivity index is 2.43. The van der Waals surface area contributed by atoms with Crippen LogP contribution < -0.4 is 0 Å². The summed E-state index contributed by atoms with van der Waals surface area (Å²) in [5.74, 6) is 0. The van der Waals surface area contributed by atoms with E-state index in [4.69, 9.17) is 0 Å². The minimum atomic E-state index is 0.899. The van der Waals surface area contributed by atoms with Crippen LogP contribution in [-0.4, -0.2) is 20.2 Å². The van der Waals surface area contributed by atoms with Gasteiger partial charge in [0, 0.05) is 4.47 Å². The maximum Gasteiger partial charge on any atom is 0.162 e. The van der Waals surface area contributed by atoms with Gasteiger partial charge >= 0.3 is 0 Å². The van der Waals surface area contributed by atoms with Crippen LogP contribution >= 0.6 is 15.9 Å². The second kappa shape index (κ2) is 3.02. The number of halogens is 1. The second-order valence-corrected chi connectivity index (χ2v) is 3.12. The quantitative estimate of drug-likeness (QED) is 0.737. The van der Waals surface area contributed by atoms with Crippen LogP contribution in [0.3, 0.4) is 0 Å². The number of nitrogens with zero attached hydrogens (tertiary/aromatic N) is 4. The SMILES string of the molecule is Brc1ccc(-n2ncnn2)cc1. The number of hydrogen-bond acceptors (Lipinski definition) is 3. The van der Waals surface area contributed by atoms with Crippen molar-refractivity contribution in [2.75, 3.05) is 0 Å². The van der Waals surface area contributed by atoms with Crippen molar-refractivity contribution in [1.29, 1.82) is 0 Å². The molecule has 0 radical (unpaired) electrons. The number of benzene rings is 1. The van der Waals surface area contributed by atoms with E-state index in [0.29, 0.717) is 0 Å². The molecular formula is C7H5BrN4. The summed E-state index contributed by atoms with van der Waals surface area (Å²) in [5.41, 5.74) is 0.899. The molecule has 60 valence electrons. The molecule has 0 aliphatic rings. The molecule has 0 unspecified atom stereocenters. The van der Waals surface area contributed by atoms with Crippen LogP contribution in [0.5, 0.6) is 0 Å². The Kier molecular flexibility index (Phi) is 1.87. The van der Waals surface area contributed by atoms with Crippen molar-refractivity contribution < 1.29 is 0 Å². The number of hydrogen-bond donors (Lipinski definition) is 0. The lowest BCUT2D eigenvalue weighted by atomic mass is 10.3. The molecule has 4 nitrogen and oxygen atoms in total. The minimum Gasteiger partial charge on any atom is -0.135 e. The first-order valence-electron chi connectivity index (χ1n) is 3.35. The van der Waals surface area contributed by atoms with Gasteiger partial charge in [-0.05, 0) is 29.5 Å². The molecule has 0 aliphatic heterocycles. The van der Waals surface area contributed by atoms with Gasteiger partial charge in [-0.3, -0.25) is 0 Å². The van der Waals surface area contributed by atoms with Crippen LogP contribution in [0.2, 0.25) is 0 Å². The predicted molar refractivity (Wildman–Crippen MR) is 46.9 cm³/mol. The van der Waals surface area contributed by atoms with Crippen molar-refractivity contribution in [3.05, 3.63) is 35.1 Å². The molecular weight excluding hydrogens is 220 g/mol. The first-order valence-corrected chi connectivity index (χ1v) is 4.14. The van der Waals surface area contributed by atoms with Crippen molar-refractivity contribution in [2.45, 2.75) is 0 Å². The van der Waals surface area contributed by atoms with Gasteiger partial charge in [-0.2, -0.15) is 0 Å². The molecule has 0 N–H and O–H groups in total. The predicted octanol–water partition coefficient (Wildman–Crippen LogP) is 1.42. The van der Waals surface area contributed by atoms with E-state index in [1.165, 1.54) is 11.1 Å². The van der Waals surface area contributed by atoms with Crippen LogP contribution in [-0.2, 0) is 0 Å². The summed E-state index contributed by atoms with van der Waals surface area (Å²) in [6.45, 7) is 0. The van der Waals surface area contributed by atoms with Crippen LogP contribution in [0.4, 0.5) is 0 Å². The van der Waals surface area contributed by atoms with Gasteiger partial charge in [-0.25, -0.2) is 0 Å². The zero-order chi connectivity index (χ0) is 8.39. The summed E-state index contributed by atoms with van der Waals surface area (Å²) in [6.07, 6.45) is 1.40. The second-order valence-electron chi connectivity index (χ2n) is 2.20.